The van der Waals surface area contributed by atoms with Crippen LogP contribution in [0.4, 0.5) is 4.79 Å². The Balaban J connectivity index is 1.94. The average molecular weight is 271 g/mol. The molecular formula is C12H21N3O4. The number of amides is 3. The van der Waals surface area contributed by atoms with Gasteiger partial charge in [-0.2, -0.15) is 0 Å². The number of carbonyl (C=O) groups excluding carboxylic acids is 2. The number of carbonyl (C=O) groups is 2. The van der Waals surface area contributed by atoms with Crippen LogP contribution in [0.2, 0.25) is 0 Å². The molecule has 0 bridgehead atoms. The second kappa shape index (κ2) is 5.44. The molecular weight excluding hydrogens is 250 g/mol. The zero-order valence-corrected chi connectivity index (χ0v) is 11.4. The van der Waals surface area contributed by atoms with Gasteiger partial charge in [0.1, 0.15) is 0 Å². The molecule has 2 heterocycles. The molecule has 1 unspecified atom stereocenters. The van der Waals surface area contributed by atoms with Gasteiger partial charge < -0.3 is 15.2 Å². The predicted octanol–water partition coefficient (Wildman–Crippen LogP) is -0.990. The summed E-state index contributed by atoms with van der Waals surface area (Å²) in [6, 6.07) is -0.323. The molecule has 0 saturated carbocycles. The summed E-state index contributed by atoms with van der Waals surface area (Å²) in [5, 5.41) is 11.8. The van der Waals surface area contributed by atoms with Gasteiger partial charge in [0, 0.05) is 26.2 Å². The first-order valence-electron chi connectivity index (χ1n) is 6.50. The van der Waals surface area contributed by atoms with Crippen molar-refractivity contribution < 1.29 is 19.4 Å². The van der Waals surface area contributed by atoms with Crippen molar-refractivity contribution in [2.24, 2.45) is 0 Å². The van der Waals surface area contributed by atoms with Crippen molar-refractivity contribution in [2.75, 3.05) is 39.3 Å². The first kappa shape index (κ1) is 14.2. The standard InChI is InChI=1S/C12H21N3O4/c1-12(2)8-14(5-9(7-16)19-12)6-10(17)15-4-3-13-11(15)18/h9,16H,3-8H2,1-2H3,(H,13,18). The monoisotopic (exact) mass is 271 g/mol. The number of morpholine rings is 1. The number of ether oxygens (including phenoxy) is 1. The van der Waals surface area contributed by atoms with Gasteiger partial charge in [-0.25, -0.2) is 4.79 Å². The van der Waals surface area contributed by atoms with E-state index < -0.39 is 5.60 Å². The number of imide groups is 1. The minimum Gasteiger partial charge on any atom is -0.394 e. The molecule has 0 aromatic heterocycles. The highest BCUT2D eigenvalue weighted by Gasteiger charge is 2.35. The van der Waals surface area contributed by atoms with E-state index in [1.54, 1.807) is 0 Å². The van der Waals surface area contributed by atoms with Crippen molar-refractivity contribution in [3.8, 4) is 0 Å². The molecule has 2 N–H and O–H groups in total. The number of urea groups is 1. The molecule has 1 atom stereocenters. The van der Waals surface area contributed by atoms with Crippen molar-refractivity contribution in [1.82, 2.24) is 15.1 Å². The second-order valence-corrected chi connectivity index (χ2v) is 5.63. The first-order valence-corrected chi connectivity index (χ1v) is 6.50. The highest BCUT2D eigenvalue weighted by Crippen LogP contribution is 2.20. The van der Waals surface area contributed by atoms with E-state index in [4.69, 9.17) is 4.74 Å². The van der Waals surface area contributed by atoms with Crippen molar-refractivity contribution >= 4 is 11.9 Å². The van der Waals surface area contributed by atoms with E-state index in [1.807, 2.05) is 18.7 Å². The van der Waals surface area contributed by atoms with Crippen LogP contribution in [0.15, 0.2) is 0 Å². The maximum absolute atomic E-state index is 12.1. The molecule has 3 amide bonds. The Hall–Kier alpha value is -1.18. The van der Waals surface area contributed by atoms with E-state index in [0.717, 1.165) is 0 Å². The molecule has 7 nitrogen and oxygen atoms in total. The predicted molar refractivity (Wildman–Crippen MR) is 67.6 cm³/mol. The highest BCUT2D eigenvalue weighted by atomic mass is 16.5. The summed E-state index contributed by atoms with van der Waals surface area (Å²) in [5.74, 6) is -0.204. The summed E-state index contributed by atoms with van der Waals surface area (Å²) in [4.78, 5) is 26.6. The van der Waals surface area contributed by atoms with Crippen LogP contribution in [-0.4, -0.2) is 77.9 Å². The van der Waals surface area contributed by atoms with Gasteiger partial charge in [-0.15, -0.1) is 0 Å². The van der Waals surface area contributed by atoms with Gasteiger partial charge in [-0.1, -0.05) is 0 Å². The quantitative estimate of drug-likeness (QED) is 0.689. The number of aliphatic hydroxyl groups is 1. The Morgan fingerprint density at radius 1 is 1.58 bits per heavy atom. The minimum absolute atomic E-state index is 0.0711. The van der Waals surface area contributed by atoms with Gasteiger partial charge in [0.05, 0.1) is 24.9 Å². The SMILES string of the molecule is CC1(C)CN(CC(=O)N2CCNC2=O)CC(CO)O1. The minimum atomic E-state index is -0.404. The average Bonchev–Trinajstić information content (AvgIpc) is 2.73. The topological polar surface area (TPSA) is 82.1 Å². The van der Waals surface area contributed by atoms with E-state index in [0.29, 0.717) is 26.2 Å². The van der Waals surface area contributed by atoms with Crippen LogP contribution in [0.3, 0.4) is 0 Å². The third-order valence-corrected chi connectivity index (χ3v) is 3.27. The Bertz CT molecular complexity index is 372. The number of hydrogen-bond donors (Lipinski definition) is 2. The highest BCUT2D eigenvalue weighted by molar-refractivity contribution is 5.96. The van der Waals surface area contributed by atoms with Crippen LogP contribution in [0.1, 0.15) is 13.8 Å². The third kappa shape index (κ3) is 3.43. The summed E-state index contributed by atoms with van der Waals surface area (Å²) in [5.41, 5.74) is -0.404. The van der Waals surface area contributed by atoms with Crippen molar-refractivity contribution in [3.05, 3.63) is 0 Å². The lowest BCUT2D eigenvalue weighted by atomic mass is 10.1. The van der Waals surface area contributed by atoms with Crippen LogP contribution >= 0.6 is 0 Å². The van der Waals surface area contributed by atoms with Gasteiger partial charge in [0.15, 0.2) is 0 Å². The fourth-order valence-electron chi connectivity index (χ4n) is 2.62. The summed E-state index contributed by atoms with van der Waals surface area (Å²) in [6.45, 7) is 6.00. The first-order chi connectivity index (χ1) is 8.91. The molecule has 2 fully saturated rings. The maximum atomic E-state index is 12.1. The van der Waals surface area contributed by atoms with Crippen molar-refractivity contribution in [3.63, 3.8) is 0 Å². The Labute approximate surface area is 112 Å². The Morgan fingerprint density at radius 2 is 2.32 bits per heavy atom. The van der Waals surface area contributed by atoms with Gasteiger partial charge in [-0.3, -0.25) is 14.6 Å². The zero-order chi connectivity index (χ0) is 14.0. The van der Waals surface area contributed by atoms with Crippen LogP contribution in [0.5, 0.6) is 0 Å². The lowest BCUT2D eigenvalue weighted by Crippen LogP contribution is -2.56. The van der Waals surface area contributed by atoms with Gasteiger partial charge >= 0.3 is 6.03 Å². The second-order valence-electron chi connectivity index (χ2n) is 5.63. The molecule has 19 heavy (non-hydrogen) atoms. The normalized spacial score (nSPS) is 27.4. The number of aliphatic hydroxyl groups excluding tert-OH is 1. The van der Waals surface area contributed by atoms with E-state index in [9.17, 15) is 14.7 Å². The lowest BCUT2D eigenvalue weighted by molar-refractivity contribution is -0.155. The zero-order valence-electron chi connectivity index (χ0n) is 11.4. The molecule has 7 heteroatoms. The van der Waals surface area contributed by atoms with E-state index in [1.165, 1.54) is 4.90 Å². The van der Waals surface area contributed by atoms with Gasteiger partial charge in [0.2, 0.25) is 5.91 Å². The molecule has 2 aliphatic heterocycles. The molecule has 0 aliphatic carbocycles. The largest absolute Gasteiger partial charge is 0.394 e. The smallest absolute Gasteiger partial charge is 0.324 e. The number of hydrogen-bond acceptors (Lipinski definition) is 5. The van der Waals surface area contributed by atoms with Crippen LogP contribution in [0.25, 0.3) is 0 Å². The molecule has 2 saturated heterocycles. The molecule has 0 aromatic carbocycles. The van der Waals surface area contributed by atoms with Gasteiger partial charge in [0.25, 0.3) is 0 Å². The maximum Gasteiger partial charge on any atom is 0.324 e. The third-order valence-electron chi connectivity index (χ3n) is 3.27. The van der Waals surface area contributed by atoms with E-state index >= 15 is 0 Å². The molecule has 2 rings (SSSR count). The Morgan fingerprint density at radius 3 is 2.89 bits per heavy atom. The summed E-state index contributed by atoms with van der Waals surface area (Å²) in [7, 11) is 0. The molecule has 0 radical (unpaired) electrons. The molecule has 0 aromatic rings. The Kier molecular flexibility index (Phi) is 4.07. The van der Waals surface area contributed by atoms with Gasteiger partial charge in [-0.05, 0) is 13.8 Å². The van der Waals surface area contributed by atoms with Crippen molar-refractivity contribution in [2.45, 2.75) is 25.6 Å². The van der Waals surface area contributed by atoms with Crippen LogP contribution < -0.4 is 5.32 Å². The summed E-state index contributed by atoms with van der Waals surface area (Å²) >= 11 is 0. The number of nitrogens with zero attached hydrogens (tertiary/aromatic N) is 2. The number of rotatable bonds is 3. The number of nitrogens with one attached hydrogen (secondary N) is 1. The molecule has 0 spiro atoms. The summed E-state index contributed by atoms with van der Waals surface area (Å²) < 4.78 is 5.69. The fourth-order valence-corrected chi connectivity index (χ4v) is 2.62. The molecule has 108 valence electrons. The lowest BCUT2D eigenvalue weighted by Gasteiger charge is -2.42. The van der Waals surface area contributed by atoms with Crippen LogP contribution in [0, 0.1) is 0 Å². The van der Waals surface area contributed by atoms with E-state index in [-0.39, 0.29) is 31.2 Å². The van der Waals surface area contributed by atoms with Crippen LogP contribution in [-0.2, 0) is 9.53 Å². The fraction of sp³-hybridized carbons (Fsp3) is 0.833. The van der Waals surface area contributed by atoms with Crippen molar-refractivity contribution in [1.29, 1.82) is 0 Å². The molecule has 2 aliphatic rings. The summed E-state index contributed by atoms with van der Waals surface area (Å²) in [6.07, 6.45) is -0.288. The van der Waals surface area contributed by atoms with E-state index in [2.05, 4.69) is 5.32 Å².